The molecule has 0 spiro atoms. The van der Waals surface area contributed by atoms with E-state index in [0.29, 0.717) is 11.4 Å². The van der Waals surface area contributed by atoms with Gasteiger partial charge in [0, 0.05) is 11.4 Å². The van der Waals surface area contributed by atoms with Crippen LogP contribution in [0.4, 0.5) is 0 Å². The van der Waals surface area contributed by atoms with Crippen LogP contribution < -0.4 is 4.72 Å². The molecule has 1 rings (SSSR count). The number of sulfonamides is 1. The molecule has 1 aromatic carbocycles. The summed E-state index contributed by atoms with van der Waals surface area (Å²) in [6, 6.07) is 4.11. The van der Waals surface area contributed by atoms with Gasteiger partial charge in [0.2, 0.25) is 10.0 Å². The van der Waals surface area contributed by atoms with Crippen LogP contribution in [0.1, 0.15) is 27.2 Å². The molecule has 0 aliphatic carbocycles. The van der Waals surface area contributed by atoms with Gasteiger partial charge in [0.15, 0.2) is 0 Å². The Morgan fingerprint density at radius 3 is 2.30 bits per heavy atom. The standard InChI is InChI=1S/C13H18BrCl2NO2S/c1-13(2,3)12(6-7-14)17-20(18,19)9-4-5-10(15)11(16)8-9/h4-5,8,12,17H,6-7H2,1-3H3. The first-order chi connectivity index (χ1) is 9.08. The second-order valence-corrected chi connectivity index (χ2v) is 8.91. The van der Waals surface area contributed by atoms with E-state index in [1.807, 2.05) is 20.8 Å². The fourth-order valence-corrected chi connectivity index (χ4v) is 4.00. The van der Waals surface area contributed by atoms with Gasteiger partial charge in [-0.25, -0.2) is 13.1 Å². The highest BCUT2D eigenvalue weighted by Gasteiger charge is 2.29. The highest BCUT2D eigenvalue weighted by molar-refractivity contribution is 9.09. The Morgan fingerprint density at radius 1 is 1.25 bits per heavy atom. The zero-order valence-corrected chi connectivity index (χ0v) is 15.5. The van der Waals surface area contributed by atoms with E-state index >= 15 is 0 Å². The number of benzene rings is 1. The Bertz CT molecular complexity index is 570. The van der Waals surface area contributed by atoms with Crippen LogP contribution in [-0.2, 0) is 10.0 Å². The predicted molar refractivity (Wildman–Crippen MR) is 88.4 cm³/mol. The number of halogens is 3. The molecule has 0 saturated carbocycles. The SMILES string of the molecule is CC(C)(C)C(CCBr)NS(=O)(=O)c1ccc(Cl)c(Cl)c1. The third kappa shape index (κ3) is 4.88. The zero-order chi connectivity index (χ0) is 15.6. The van der Waals surface area contributed by atoms with Crippen LogP contribution in [-0.4, -0.2) is 19.8 Å². The van der Waals surface area contributed by atoms with Crippen LogP contribution in [0.2, 0.25) is 10.0 Å². The minimum absolute atomic E-state index is 0.121. The largest absolute Gasteiger partial charge is 0.240 e. The lowest BCUT2D eigenvalue weighted by molar-refractivity contribution is 0.293. The van der Waals surface area contributed by atoms with Crippen molar-refractivity contribution in [2.45, 2.75) is 38.1 Å². The van der Waals surface area contributed by atoms with Gasteiger partial charge in [0.05, 0.1) is 14.9 Å². The van der Waals surface area contributed by atoms with E-state index in [1.165, 1.54) is 18.2 Å². The van der Waals surface area contributed by atoms with Gasteiger partial charge < -0.3 is 0 Å². The monoisotopic (exact) mass is 401 g/mol. The summed E-state index contributed by atoms with van der Waals surface area (Å²) in [4.78, 5) is 0.121. The normalized spacial score (nSPS) is 14.3. The van der Waals surface area contributed by atoms with Crippen molar-refractivity contribution in [1.29, 1.82) is 0 Å². The smallest absolute Gasteiger partial charge is 0.208 e. The Morgan fingerprint density at radius 2 is 1.85 bits per heavy atom. The minimum atomic E-state index is -3.62. The summed E-state index contributed by atoms with van der Waals surface area (Å²) in [5, 5.41) is 1.28. The molecule has 1 atom stereocenters. The second kappa shape index (κ2) is 6.97. The highest BCUT2D eigenvalue weighted by atomic mass is 79.9. The van der Waals surface area contributed by atoms with E-state index < -0.39 is 10.0 Å². The maximum atomic E-state index is 12.4. The fraction of sp³-hybridized carbons (Fsp3) is 0.538. The first kappa shape index (κ1) is 18.2. The molecule has 0 saturated heterocycles. The average Bonchev–Trinajstić information content (AvgIpc) is 2.30. The maximum absolute atomic E-state index is 12.4. The van der Waals surface area contributed by atoms with E-state index in [0.717, 1.165) is 5.33 Å². The van der Waals surface area contributed by atoms with Crippen molar-refractivity contribution in [2.75, 3.05) is 5.33 Å². The minimum Gasteiger partial charge on any atom is -0.208 e. The first-order valence-electron chi connectivity index (χ1n) is 6.11. The van der Waals surface area contributed by atoms with Gasteiger partial charge in [-0.15, -0.1) is 0 Å². The Labute approximate surface area is 139 Å². The predicted octanol–water partition coefficient (Wildman–Crippen LogP) is 4.47. The van der Waals surface area contributed by atoms with Crippen molar-refractivity contribution in [3.05, 3.63) is 28.2 Å². The molecule has 0 bridgehead atoms. The number of nitrogens with one attached hydrogen (secondary N) is 1. The Hall–Kier alpha value is 0.190. The third-order valence-electron chi connectivity index (χ3n) is 2.94. The fourth-order valence-electron chi connectivity index (χ4n) is 1.68. The molecular formula is C13H18BrCl2NO2S. The summed E-state index contributed by atoms with van der Waals surface area (Å²) < 4.78 is 27.5. The van der Waals surface area contributed by atoms with Gasteiger partial charge in [0.1, 0.15) is 0 Å². The second-order valence-electron chi connectivity index (χ2n) is 5.59. The van der Waals surface area contributed by atoms with Crippen molar-refractivity contribution in [3.8, 4) is 0 Å². The molecule has 7 heteroatoms. The lowest BCUT2D eigenvalue weighted by Gasteiger charge is -2.30. The molecule has 1 aromatic rings. The van der Waals surface area contributed by atoms with Gasteiger partial charge in [-0.3, -0.25) is 0 Å². The van der Waals surface area contributed by atoms with Gasteiger partial charge in [0.25, 0.3) is 0 Å². The van der Waals surface area contributed by atoms with E-state index in [-0.39, 0.29) is 21.4 Å². The first-order valence-corrected chi connectivity index (χ1v) is 9.47. The van der Waals surface area contributed by atoms with Gasteiger partial charge in [-0.2, -0.15) is 0 Å². The summed E-state index contributed by atoms with van der Waals surface area (Å²) in [7, 11) is -3.62. The van der Waals surface area contributed by atoms with Crippen molar-refractivity contribution in [3.63, 3.8) is 0 Å². The summed E-state index contributed by atoms with van der Waals surface area (Å²) in [6.45, 7) is 5.99. The number of hydrogen-bond donors (Lipinski definition) is 1. The van der Waals surface area contributed by atoms with Crippen LogP contribution in [0.25, 0.3) is 0 Å². The van der Waals surface area contributed by atoms with E-state index in [9.17, 15) is 8.42 Å². The molecule has 114 valence electrons. The molecular weight excluding hydrogens is 385 g/mol. The van der Waals surface area contributed by atoms with Crippen LogP contribution in [0.5, 0.6) is 0 Å². The molecule has 3 nitrogen and oxygen atoms in total. The molecule has 20 heavy (non-hydrogen) atoms. The topological polar surface area (TPSA) is 46.2 Å². The molecule has 0 aromatic heterocycles. The maximum Gasteiger partial charge on any atom is 0.240 e. The highest BCUT2D eigenvalue weighted by Crippen LogP contribution is 2.27. The van der Waals surface area contributed by atoms with Gasteiger partial charge in [-0.1, -0.05) is 59.9 Å². The average molecular weight is 403 g/mol. The lowest BCUT2D eigenvalue weighted by atomic mass is 9.86. The van der Waals surface area contributed by atoms with E-state index in [2.05, 4.69) is 20.7 Å². The zero-order valence-electron chi connectivity index (χ0n) is 11.6. The summed E-state index contributed by atoms with van der Waals surface area (Å²) in [5.41, 5.74) is -0.183. The van der Waals surface area contributed by atoms with E-state index in [4.69, 9.17) is 23.2 Å². The van der Waals surface area contributed by atoms with Crippen molar-refractivity contribution < 1.29 is 8.42 Å². The quantitative estimate of drug-likeness (QED) is 0.738. The Balaban J connectivity index is 3.06. The molecule has 1 N–H and O–H groups in total. The van der Waals surface area contributed by atoms with Crippen molar-refractivity contribution in [1.82, 2.24) is 4.72 Å². The molecule has 0 aliphatic heterocycles. The van der Waals surface area contributed by atoms with Crippen LogP contribution in [0.15, 0.2) is 23.1 Å². The summed E-state index contributed by atoms with van der Waals surface area (Å²) in [5.74, 6) is 0. The van der Waals surface area contributed by atoms with Gasteiger partial charge in [-0.05, 0) is 30.0 Å². The van der Waals surface area contributed by atoms with Gasteiger partial charge >= 0.3 is 0 Å². The summed E-state index contributed by atoms with van der Waals surface area (Å²) >= 11 is 15.0. The Kier molecular flexibility index (Phi) is 6.35. The number of alkyl halides is 1. The number of rotatable bonds is 5. The van der Waals surface area contributed by atoms with E-state index in [1.54, 1.807) is 0 Å². The molecule has 0 radical (unpaired) electrons. The van der Waals surface area contributed by atoms with Crippen LogP contribution in [0.3, 0.4) is 0 Å². The van der Waals surface area contributed by atoms with Crippen molar-refractivity contribution in [2.24, 2.45) is 5.41 Å². The molecule has 0 fully saturated rings. The molecule has 1 unspecified atom stereocenters. The third-order valence-corrected chi connectivity index (χ3v) is 5.61. The summed E-state index contributed by atoms with van der Waals surface area (Å²) in [6.07, 6.45) is 0.698. The van der Waals surface area contributed by atoms with Crippen LogP contribution in [0, 0.1) is 5.41 Å². The molecule has 0 heterocycles. The number of hydrogen-bond acceptors (Lipinski definition) is 2. The molecule has 0 amide bonds. The van der Waals surface area contributed by atoms with Crippen LogP contribution >= 0.6 is 39.1 Å². The lowest BCUT2D eigenvalue weighted by Crippen LogP contribution is -2.43. The molecule has 0 aliphatic rings. The van der Waals surface area contributed by atoms with Crippen molar-refractivity contribution >= 4 is 49.2 Å².